The zero-order chi connectivity index (χ0) is 12.1. The number of ether oxygens (including phenoxy) is 1. The molecule has 2 nitrogen and oxygen atoms in total. The van der Waals surface area contributed by atoms with Crippen molar-refractivity contribution >= 4 is 5.97 Å². The average molecular weight is 244 g/mol. The fourth-order valence-corrected chi connectivity index (χ4v) is 4.43. The first kappa shape index (κ1) is 10.8. The molecule has 0 aromatic heterocycles. The number of rotatable bonds is 3. The summed E-state index contributed by atoms with van der Waals surface area (Å²) in [6.07, 6.45) is 13.9. The zero-order valence-electron chi connectivity index (χ0n) is 10.6. The fraction of sp³-hybridized carbons (Fsp3) is 0.688. The van der Waals surface area contributed by atoms with Crippen molar-refractivity contribution < 1.29 is 9.53 Å². The van der Waals surface area contributed by atoms with Gasteiger partial charge in [0, 0.05) is 0 Å². The molecule has 4 aliphatic carbocycles. The topological polar surface area (TPSA) is 26.3 Å². The summed E-state index contributed by atoms with van der Waals surface area (Å²) in [6.45, 7) is 0.655. The van der Waals surface area contributed by atoms with Gasteiger partial charge in [0.1, 0.15) is 0 Å². The lowest BCUT2D eigenvalue weighted by atomic mass is 9.93. The van der Waals surface area contributed by atoms with Gasteiger partial charge in [-0.15, -0.1) is 0 Å². The second-order valence-corrected chi connectivity index (χ2v) is 6.56. The molecule has 4 bridgehead atoms. The molecule has 0 amide bonds. The van der Waals surface area contributed by atoms with Gasteiger partial charge in [0.2, 0.25) is 0 Å². The Morgan fingerprint density at radius 2 is 1.67 bits per heavy atom. The number of esters is 1. The van der Waals surface area contributed by atoms with Gasteiger partial charge in [0.25, 0.3) is 0 Å². The lowest BCUT2D eigenvalue weighted by molar-refractivity contribution is -0.151. The Balaban J connectivity index is 1.32. The van der Waals surface area contributed by atoms with Gasteiger partial charge < -0.3 is 4.74 Å². The van der Waals surface area contributed by atoms with Gasteiger partial charge in [-0.2, -0.15) is 0 Å². The molecular weight excluding hydrogens is 224 g/mol. The SMILES string of the molecule is O=C(OCC1C[C@@H]2C=CC1C2)C1CC2C=CC1C2. The maximum Gasteiger partial charge on any atom is 0.309 e. The van der Waals surface area contributed by atoms with Gasteiger partial charge in [0.15, 0.2) is 0 Å². The first-order chi connectivity index (χ1) is 8.79. The molecule has 0 saturated heterocycles. The molecule has 2 fully saturated rings. The number of carbonyl (C=O) groups is 1. The first-order valence-corrected chi connectivity index (χ1v) is 7.33. The fourth-order valence-electron chi connectivity index (χ4n) is 4.43. The van der Waals surface area contributed by atoms with E-state index >= 15 is 0 Å². The summed E-state index contributed by atoms with van der Waals surface area (Å²) in [7, 11) is 0. The molecule has 2 heteroatoms. The highest BCUT2D eigenvalue weighted by molar-refractivity contribution is 5.74. The van der Waals surface area contributed by atoms with Crippen molar-refractivity contribution in [1.82, 2.24) is 0 Å². The molecule has 2 saturated carbocycles. The van der Waals surface area contributed by atoms with Crippen LogP contribution in [0, 0.1) is 35.5 Å². The van der Waals surface area contributed by atoms with Crippen molar-refractivity contribution in [2.75, 3.05) is 6.61 Å². The van der Waals surface area contributed by atoms with Gasteiger partial charge in [0.05, 0.1) is 12.5 Å². The first-order valence-electron chi connectivity index (χ1n) is 7.33. The van der Waals surface area contributed by atoms with Crippen LogP contribution in [-0.2, 0) is 9.53 Å². The third kappa shape index (κ3) is 1.65. The van der Waals surface area contributed by atoms with Crippen molar-refractivity contribution in [3.63, 3.8) is 0 Å². The Hall–Kier alpha value is -1.05. The molecule has 0 aromatic rings. The van der Waals surface area contributed by atoms with E-state index in [1.54, 1.807) is 0 Å². The largest absolute Gasteiger partial charge is 0.465 e. The van der Waals surface area contributed by atoms with Crippen LogP contribution < -0.4 is 0 Å². The molecular formula is C16H20O2. The standard InChI is InChI=1S/C16H20O2/c17-16(15-8-11-2-4-13(15)6-11)18-9-14-7-10-1-3-12(14)5-10/h1-4,10-15H,5-9H2/t10-,11?,12?,13?,14?,15?/m1/s1. The molecule has 96 valence electrons. The highest BCUT2D eigenvalue weighted by Crippen LogP contribution is 2.45. The van der Waals surface area contributed by atoms with E-state index in [0.717, 1.165) is 12.3 Å². The van der Waals surface area contributed by atoms with Crippen LogP contribution in [0.2, 0.25) is 0 Å². The number of hydrogen-bond acceptors (Lipinski definition) is 2. The third-order valence-corrected chi connectivity index (χ3v) is 5.44. The van der Waals surface area contributed by atoms with Crippen LogP contribution in [0.3, 0.4) is 0 Å². The summed E-state index contributed by atoms with van der Waals surface area (Å²) in [4.78, 5) is 12.1. The molecule has 0 aromatic carbocycles. The maximum atomic E-state index is 12.1. The van der Waals surface area contributed by atoms with Crippen LogP contribution in [0.5, 0.6) is 0 Å². The van der Waals surface area contributed by atoms with Crippen LogP contribution in [0.15, 0.2) is 24.3 Å². The van der Waals surface area contributed by atoms with E-state index < -0.39 is 0 Å². The number of fused-ring (bicyclic) bond motifs is 4. The van der Waals surface area contributed by atoms with Crippen molar-refractivity contribution in [2.45, 2.75) is 25.7 Å². The molecule has 0 spiro atoms. The van der Waals surface area contributed by atoms with E-state index in [2.05, 4.69) is 24.3 Å². The zero-order valence-corrected chi connectivity index (χ0v) is 10.6. The van der Waals surface area contributed by atoms with Crippen LogP contribution >= 0.6 is 0 Å². The van der Waals surface area contributed by atoms with Crippen LogP contribution in [0.4, 0.5) is 0 Å². The van der Waals surface area contributed by atoms with E-state index in [1.165, 1.54) is 19.3 Å². The van der Waals surface area contributed by atoms with E-state index in [9.17, 15) is 4.79 Å². The van der Waals surface area contributed by atoms with Crippen molar-refractivity contribution in [3.05, 3.63) is 24.3 Å². The minimum Gasteiger partial charge on any atom is -0.465 e. The minimum atomic E-state index is 0.0682. The molecule has 0 heterocycles. The maximum absolute atomic E-state index is 12.1. The second-order valence-electron chi connectivity index (χ2n) is 6.56. The Morgan fingerprint density at radius 3 is 2.22 bits per heavy atom. The summed E-state index contributed by atoms with van der Waals surface area (Å²) in [5.74, 6) is 3.40. The Bertz CT molecular complexity index is 423. The molecule has 5 unspecified atom stereocenters. The van der Waals surface area contributed by atoms with E-state index in [1.807, 2.05) is 0 Å². The van der Waals surface area contributed by atoms with Gasteiger partial charge in [-0.05, 0) is 55.3 Å². The van der Waals surface area contributed by atoms with E-state index in [-0.39, 0.29) is 11.9 Å². The highest BCUT2D eigenvalue weighted by atomic mass is 16.5. The van der Waals surface area contributed by atoms with Crippen LogP contribution in [0.25, 0.3) is 0 Å². The predicted octanol–water partition coefficient (Wildman–Crippen LogP) is 2.95. The average Bonchev–Trinajstić information content (AvgIpc) is 3.13. The lowest BCUT2D eigenvalue weighted by Crippen LogP contribution is -2.25. The number of hydrogen-bond donors (Lipinski definition) is 0. The normalized spacial score (nSPS) is 47.1. The second kappa shape index (κ2) is 3.97. The van der Waals surface area contributed by atoms with Crippen LogP contribution in [-0.4, -0.2) is 12.6 Å². The molecule has 6 atom stereocenters. The van der Waals surface area contributed by atoms with Gasteiger partial charge in [-0.1, -0.05) is 24.3 Å². The number of allylic oxidation sites excluding steroid dienone is 4. The Morgan fingerprint density at radius 1 is 0.944 bits per heavy atom. The highest BCUT2D eigenvalue weighted by Gasteiger charge is 2.42. The van der Waals surface area contributed by atoms with E-state index in [0.29, 0.717) is 30.3 Å². The quantitative estimate of drug-likeness (QED) is 0.563. The lowest BCUT2D eigenvalue weighted by Gasteiger charge is -2.21. The summed E-state index contributed by atoms with van der Waals surface area (Å²) in [5, 5.41) is 0. The van der Waals surface area contributed by atoms with Crippen LogP contribution in [0.1, 0.15) is 25.7 Å². The smallest absolute Gasteiger partial charge is 0.309 e. The number of carbonyl (C=O) groups excluding carboxylic acids is 1. The van der Waals surface area contributed by atoms with Gasteiger partial charge >= 0.3 is 5.97 Å². The summed E-state index contributed by atoms with van der Waals surface area (Å²) in [5.41, 5.74) is 0. The minimum absolute atomic E-state index is 0.0682. The molecule has 0 aliphatic heterocycles. The predicted molar refractivity (Wildman–Crippen MR) is 68.6 cm³/mol. The summed E-state index contributed by atoms with van der Waals surface area (Å²) in [6, 6.07) is 0. The molecule has 18 heavy (non-hydrogen) atoms. The van der Waals surface area contributed by atoms with Crippen molar-refractivity contribution in [3.8, 4) is 0 Å². The van der Waals surface area contributed by atoms with E-state index in [4.69, 9.17) is 4.74 Å². The summed E-state index contributed by atoms with van der Waals surface area (Å²) >= 11 is 0. The molecule has 0 radical (unpaired) electrons. The molecule has 4 aliphatic rings. The molecule has 0 N–H and O–H groups in total. The Labute approximate surface area is 108 Å². The van der Waals surface area contributed by atoms with Crippen molar-refractivity contribution in [1.29, 1.82) is 0 Å². The monoisotopic (exact) mass is 244 g/mol. The molecule has 4 rings (SSSR count). The van der Waals surface area contributed by atoms with Gasteiger partial charge in [-0.25, -0.2) is 0 Å². The van der Waals surface area contributed by atoms with Gasteiger partial charge in [-0.3, -0.25) is 4.79 Å². The third-order valence-electron chi connectivity index (χ3n) is 5.44. The van der Waals surface area contributed by atoms with Crippen molar-refractivity contribution in [2.24, 2.45) is 35.5 Å². The Kier molecular flexibility index (Phi) is 2.39. The summed E-state index contributed by atoms with van der Waals surface area (Å²) < 4.78 is 5.61.